The van der Waals surface area contributed by atoms with Crippen LogP contribution in [0.4, 0.5) is 14.7 Å². The van der Waals surface area contributed by atoms with Gasteiger partial charge in [0, 0.05) is 44.0 Å². The number of allylic oxidation sites excluding steroid dienone is 1. The number of rotatable bonds is 8. The molecule has 0 radical (unpaired) electrons. The van der Waals surface area contributed by atoms with Crippen molar-refractivity contribution < 1.29 is 18.3 Å². The Balaban J connectivity index is 1.50. The molecule has 2 aliphatic rings. The Labute approximate surface area is 206 Å². The van der Waals surface area contributed by atoms with E-state index in [1.165, 1.54) is 11.3 Å². The molecule has 188 valence electrons. The minimum absolute atomic E-state index is 0.107. The molecule has 35 heavy (non-hydrogen) atoms. The summed E-state index contributed by atoms with van der Waals surface area (Å²) in [6, 6.07) is 3.62. The van der Waals surface area contributed by atoms with Gasteiger partial charge in [-0.2, -0.15) is 0 Å². The molecule has 2 aromatic heterocycles. The molecule has 0 atom stereocenters. The Morgan fingerprint density at radius 3 is 2.89 bits per heavy atom. The molecule has 0 aromatic carbocycles. The van der Waals surface area contributed by atoms with E-state index in [0.717, 1.165) is 16.0 Å². The van der Waals surface area contributed by atoms with Crippen molar-refractivity contribution in [3.8, 4) is 10.6 Å². The first-order valence-electron chi connectivity index (χ1n) is 11.3. The normalized spacial score (nSPS) is 19.9. The van der Waals surface area contributed by atoms with E-state index in [-0.39, 0.29) is 19.1 Å². The van der Waals surface area contributed by atoms with Crippen LogP contribution < -0.4 is 10.6 Å². The molecule has 2 aromatic rings. The SMILES string of the molecule is CN/C(=C\C=N)Nc1nccc(-c2cc3c(s2)C(C)(C)N(CCN2CCOCC(F)(F)C2)C3=O)n1. The van der Waals surface area contributed by atoms with Crippen LogP contribution in [0.15, 0.2) is 30.2 Å². The van der Waals surface area contributed by atoms with Crippen LogP contribution in [0, 0.1) is 5.41 Å². The van der Waals surface area contributed by atoms with E-state index in [2.05, 4.69) is 20.6 Å². The van der Waals surface area contributed by atoms with Crippen molar-refractivity contribution in [1.29, 1.82) is 5.41 Å². The van der Waals surface area contributed by atoms with E-state index in [1.807, 2.05) is 19.9 Å². The molecule has 3 N–H and O–H groups in total. The summed E-state index contributed by atoms with van der Waals surface area (Å²) in [7, 11) is 1.72. The molecule has 0 spiro atoms. The monoisotopic (exact) mass is 505 g/mol. The van der Waals surface area contributed by atoms with E-state index in [4.69, 9.17) is 10.1 Å². The maximum atomic E-state index is 13.9. The number of halogens is 2. The molecule has 2 aliphatic heterocycles. The number of alkyl halides is 2. The fourth-order valence-corrected chi connectivity index (χ4v) is 5.51. The van der Waals surface area contributed by atoms with Crippen LogP contribution in [0.1, 0.15) is 29.1 Å². The second kappa shape index (κ2) is 9.96. The van der Waals surface area contributed by atoms with E-state index in [1.54, 1.807) is 35.2 Å². The number of anilines is 1. The third-order valence-electron chi connectivity index (χ3n) is 6.07. The van der Waals surface area contributed by atoms with Crippen molar-refractivity contribution in [3.63, 3.8) is 0 Å². The number of thiophene rings is 1. The number of fused-ring (bicyclic) bond motifs is 1. The van der Waals surface area contributed by atoms with E-state index < -0.39 is 18.1 Å². The minimum atomic E-state index is -2.89. The molecule has 0 bridgehead atoms. The number of hydrogen-bond acceptors (Lipinski definition) is 9. The second-order valence-corrected chi connectivity index (χ2v) is 9.99. The predicted octanol–water partition coefficient (Wildman–Crippen LogP) is 2.99. The quantitative estimate of drug-likeness (QED) is 0.474. The van der Waals surface area contributed by atoms with Crippen LogP contribution in [0.2, 0.25) is 0 Å². The first-order valence-corrected chi connectivity index (χ1v) is 12.1. The third-order valence-corrected chi connectivity index (χ3v) is 7.54. The molecule has 0 saturated carbocycles. The van der Waals surface area contributed by atoms with Gasteiger partial charge in [-0.25, -0.2) is 18.7 Å². The van der Waals surface area contributed by atoms with Crippen molar-refractivity contribution in [3.05, 3.63) is 40.7 Å². The Morgan fingerprint density at radius 1 is 1.37 bits per heavy atom. The van der Waals surface area contributed by atoms with Crippen molar-refractivity contribution >= 4 is 29.4 Å². The average Bonchev–Trinajstić information content (AvgIpc) is 3.27. The molecule has 12 heteroatoms. The summed E-state index contributed by atoms with van der Waals surface area (Å²) in [5, 5.41) is 13.2. The van der Waals surface area contributed by atoms with Crippen molar-refractivity contribution in [2.45, 2.75) is 25.3 Å². The molecule has 0 unspecified atom stereocenters. The molecule has 9 nitrogen and oxygen atoms in total. The lowest BCUT2D eigenvalue weighted by Crippen LogP contribution is -2.46. The highest BCUT2D eigenvalue weighted by Gasteiger charge is 2.45. The van der Waals surface area contributed by atoms with Crippen LogP contribution >= 0.6 is 11.3 Å². The lowest BCUT2D eigenvalue weighted by atomic mass is 10.0. The highest BCUT2D eigenvalue weighted by atomic mass is 32.1. The number of nitrogens with zero attached hydrogens (tertiary/aromatic N) is 4. The lowest BCUT2D eigenvalue weighted by molar-refractivity contribution is -0.0687. The van der Waals surface area contributed by atoms with Crippen LogP contribution in [-0.2, 0) is 10.3 Å². The van der Waals surface area contributed by atoms with E-state index >= 15 is 0 Å². The number of aromatic nitrogens is 2. The molecule has 1 amide bonds. The Bertz CT molecular complexity index is 1130. The van der Waals surface area contributed by atoms with Gasteiger partial charge in [-0.15, -0.1) is 11.3 Å². The summed E-state index contributed by atoms with van der Waals surface area (Å²) in [6.07, 6.45) is 4.33. The van der Waals surface area contributed by atoms with Gasteiger partial charge in [0.25, 0.3) is 11.8 Å². The smallest absolute Gasteiger partial charge is 0.283 e. The van der Waals surface area contributed by atoms with Gasteiger partial charge < -0.3 is 25.7 Å². The highest BCUT2D eigenvalue weighted by Crippen LogP contribution is 2.45. The lowest BCUT2D eigenvalue weighted by Gasteiger charge is -2.34. The zero-order valence-electron chi connectivity index (χ0n) is 19.9. The fraction of sp³-hybridized carbons (Fsp3) is 0.478. The van der Waals surface area contributed by atoms with Gasteiger partial charge in [0.2, 0.25) is 5.95 Å². The van der Waals surface area contributed by atoms with Crippen LogP contribution in [0.5, 0.6) is 0 Å². The van der Waals surface area contributed by atoms with Gasteiger partial charge in [0.1, 0.15) is 12.4 Å². The molecular formula is C23H29F2N7O2S. The van der Waals surface area contributed by atoms with Crippen LogP contribution in [-0.4, -0.2) is 84.3 Å². The number of hydrogen-bond donors (Lipinski definition) is 3. The average molecular weight is 506 g/mol. The van der Waals surface area contributed by atoms with Gasteiger partial charge in [0.05, 0.1) is 34.8 Å². The summed E-state index contributed by atoms with van der Waals surface area (Å²) in [5.41, 5.74) is 0.724. The number of carbonyl (C=O) groups excluding carboxylic acids is 1. The van der Waals surface area contributed by atoms with Gasteiger partial charge in [-0.05, 0) is 32.1 Å². The maximum Gasteiger partial charge on any atom is 0.283 e. The van der Waals surface area contributed by atoms with Gasteiger partial charge in [0.15, 0.2) is 0 Å². The van der Waals surface area contributed by atoms with Gasteiger partial charge >= 0.3 is 0 Å². The largest absolute Gasteiger partial charge is 0.375 e. The maximum absolute atomic E-state index is 13.9. The molecular weight excluding hydrogens is 476 g/mol. The number of amides is 1. The third kappa shape index (κ3) is 5.34. The van der Waals surface area contributed by atoms with E-state index in [9.17, 15) is 13.6 Å². The summed E-state index contributed by atoms with van der Waals surface area (Å²) in [4.78, 5) is 27.3. The number of ether oxygens (including phenoxy) is 1. The fourth-order valence-electron chi connectivity index (χ4n) is 4.28. The Morgan fingerprint density at radius 2 is 2.17 bits per heavy atom. The molecule has 1 saturated heterocycles. The van der Waals surface area contributed by atoms with E-state index in [0.29, 0.717) is 42.7 Å². The summed E-state index contributed by atoms with van der Waals surface area (Å²) >= 11 is 1.50. The summed E-state index contributed by atoms with van der Waals surface area (Å²) in [5.74, 6) is -2.05. The summed E-state index contributed by atoms with van der Waals surface area (Å²) < 4.78 is 32.8. The summed E-state index contributed by atoms with van der Waals surface area (Å²) in [6.45, 7) is 4.41. The molecule has 4 rings (SSSR count). The Hall–Kier alpha value is -2.96. The Kier molecular flexibility index (Phi) is 7.15. The van der Waals surface area contributed by atoms with Gasteiger partial charge in [-0.3, -0.25) is 9.69 Å². The second-order valence-electron chi connectivity index (χ2n) is 8.94. The zero-order chi connectivity index (χ0) is 25.2. The predicted molar refractivity (Wildman–Crippen MR) is 131 cm³/mol. The molecule has 1 fully saturated rings. The van der Waals surface area contributed by atoms with Crippen molar-refractivity contribution in [1.82, 2.24) is 25.1 Å². The van der Waals surface area contributed by atoms with Crippen molar-refractivity contribution in [2.24, 2.45) is 0 Å². The van der Waals surface area contributed by atoms with Gasteiger partial charge in [-0.1, -0.05) is 0 Å². The topological polar surface area (TPSA) is 106 Å². The number of carbonyl (C=O) groups is 1. The first kappa shape index (κ1) is 25.1. The molecule has 4 heterocycles. The molecule has 0 aliphatic carbocycles. The number of nitrogens with one attached hydrogen (secondary N) is 3. The first-order chi connectivity index (χ1) is 16.6. The standard InChI is InChI=1S/C23H29F2N7O2S/c1-22(2)19-15(20(33)32(22)9-8-31-10-11-34-14-23(24,25)13-31)12-17(35-19)16-5-7-28-21(29-16)30-18(27-3)4-6-26/h4-7,12,26-27H,8-11,13-14H2,1-3H3,(H,28,29,30)/b18-4+,26-6?. The van der Waals surface area contributed by atoms with Crippen molar-refractivity contribution in [2.75, 3.05) is 51.8 Å². The van der Waals surface area contributed by atoms with Crippen LogP contribution in [0.3, 0.4) is 0 Å². The minimum Gasteiger partial charge on any atom is -0.375 e. The zero-order valence-corrected chi connectivity index (χ0v) is 20.7. The van der Waals surface area contributed by atoms with Crippen LogP contribution in [0.25, 0.3) is 10.6 Å². The highest BCUT2D eigenvalue weighted by molar-refractivity contribution is 7.16.